The molecule has 3 aromatic heterocycles. The zero-order valence-electron chi connectivity index (χ0n) is 9.42. The maximum Gasteiger partial charge on any atom is 0.180 e. The van der Waals surface area contributed by atoms with Crippen molar-refractivity contribution in [1.82, 2.24) is 15.0 Å². The third-order valence-corrected chi connectivity index (χ3v) is 3.87. The molecule has 0 bridgehead atoms. The van der Waals surface area contributed by atoms with Gasteiger partial charge in [0.15, 0.2) is 6.39 Å². The van der Waals surface area contributed by atoms with Crippen molar-refractivity contribution in [2.75, 3.05) is 5.32 Å². The van der Waals surface area contributed by atoms with E-state index in [1.807, 2.05) is 12.3 Å². The molecule has 0 saturated carbocycles. The quantitative estimate of drug-likeness (QED) is 0.795. The lowest BCUT2D eigenvalue weighted by molar-refractivity contribution is 0.485. The van der Waals surface area contributed by atoms with Gasteiger partial charge in [0, 0.05) is 5.38 Å². The highest BCUT2D eigenvalue weighted by Gasteiger charge is 2.14. The number of oxazole rings is 1. The van der Waals surface area contributed by atoms with E-state index in [0.29, 0.717) is 10.8 Å². The summed E-state index contributed by atoms with van der Waals surface area (Å²) in [4.78, 5) is 13.2. The summed E-state index contributed by atoms with van der Waals surface area (Å²) in [5.74, 6) is 1.45. The molecule has 1 N–H and O–H groups in total. The Morgan fingerprint density at radius 1 is 1.44 bits per heavy atom. The van der Waals surface area contributed by atoms with Gasteiger partial charge < -0.3 is 9.73 Å². The highest BCUT2D eigenvalue weighted by atomic mass is 35.5. The Hall–Kier alpha value is -1.66. The molecule has 0 spiro atoms. The van der Waals surface area contributed by atoms with Crippen LogP contribution in [0.3, 0.4) is 0 Å². The first-order valence-corrected chi connectivity index (χ1v) is 6.54. The molecule has 1 unspecified atom stereocenters. The van der Waals surface area contributed by atoms with Crippen molar-refractivity contribution in [3.8, 4) is 0 Å². The van der Waals surface area contributed by atoms with Crippen LogP contribution in [0, 0.1) is 0 Å². The SMILES string of the molecule is CC(Nc1ncnc2scc(Cl)c12)c1cnco1. The van der Waals surface area contributed by atoms with E-state index in [4.69, 9.17) is 16.0 Å². The number of fused-ring (bicyclic) bond motifs is 1. The molecule has 1 atom stereocenters. The third-order valence-electron chi connectivity index (χ3n) is 2.56. The average molecular weight is 281 g/mol. The highest BCUT2D eigenvalue weighted by Crippen LogP contribution is 2.33. The molecular formula is C11H9ClN4OS. The van der Waals surface area contributed by atoms with Gasteiger partial charge in [0.25, 0.3) is 0 Å². The van der Waals surface area contributed by atoms with E-state index < -0.39 is 0 Å². The van der Waals surface area contributed by atoms with Crippen LogP contribution in [0.2, 0.25) is 5.02 Å². The molecule has 3 aromatic rings. The van der Waals surface area contributed by atoms with Gasteiger partial charge in [0.05, 0.1) is 22.6 Å². The topological polar surface area (TPSA) is 63.8 Å². The van der Waals surface area contributed by atoms with Crippen molar-refractivity contribution < 1.29 is 4.42 Å². The Kier molecular flexibility index (Phi) is 2.89. The Balaban J connectivity index is 1.97. The largest absolute Gasteiger partial charge is 0.446 e. The number of hydrogen-bond acceptors (Lipinski definition) is 6. The minimum atomic E-state index is -0.0402. The van der Waals surface area contributed by atoms with Crippen molar-refractivity contribution in [1.29, 1.82) is 0 Å². The van der Waals surface area contributed by atoms with Crippen LogP contribution in [0.1, 0.15) is 18.7 Å². The van der Waals surface area contributed by atoms with E-state index in [1.165, 1.54) is 24.1 Å². The Morgan fingerprint density at radius 2 is 2.33 bits per heavy atom. The van der Waals surface area contributed by atoms with E-state index in [1.54, 1.807) is 6.20 Å². The monoisotopic (exact) mass is 280 g/mol. The molecule has 0 aromatic carbocycles. The molecular weight excluding hydrogens is 272 g/mol. The number of aromatic nitrogens is 3. The maximum atomic E-state index is 6.14. The molecule has 0 radical (unpaired) electrons. The second-order valence-corrected chi connectivity index (χ2v) is 5.02. The lowest BCUT2D eigenvalue weighted by Crippen LogP contribution is -2.07. The minimum absolute atomic E-state index is 0.0402. The van der Waals surface area contributed by atoms with Crippen molar-refractivity contribution in [3.63, 3.8) is 0 Å². The van der Waals surface area contributed by atoms with Crippen LogP contribution in [-0.4, -0.2) is 15.0 Å². The predicted octanol–water partition coefficient (Wildman–Crippen LogP) is 3.51. The maximum absolute atomic E-state index is 6.14. The molecule has 3 rings (SSSR count). The highest BCUT2D eigenvalue weighted by molar-refractivity contribution is 7.17. The lowest BCUT2D eigenvalue weighted by Gasteiger charge is -2.12. The van der Waals surface area contributed by atoms with Crippen molar-refractivity contribution in [3.05, 3.63) is 35.1 Å². The van der Waals surface area contributed by atoms with Gasteiger partial charge in [0.2, 0.25) is 0 Å². The van der Waals surface area contributed by atoms with Gasteiger partial charge in [-0.3, -0.25) is 0 Å². The van der Waals surface area contributed by atoms with Crippen molar-refractivity contribution in [2.45, 2.75) is 13.0 Å². The summed E-state index contributed by atoms with van der Waals surface area (Å²) in [6, 6.07) is -0.0402. The Bertz CT molecular complexity index is 667. The third kappa shape index (κ3) is 1.93. The zero-order chi connectivity index (χ0) is 12.5. The minimum Gasteiger partial charge on any atom is -0.446 e. The summed E-state index contributed by atoms with van der Waals surface area (Å²) in [5, 5.41) is 6.60. The summed E-state index contributed by atoms with van der Waals surface area (Å²) >= 11 is 7.63. The number of halogens is 1. The molecule has 0 fully saturated rings. The number of rotatable bonds is 3. The normalized spacial score (nSPS) is 12.8. The average Bonchev–Trinajstić information content (AvgIpc) is 3.00. The van der Waals surface area contributed by atoms with Crippen LogP contribution >= 0.6 is 22.9 Å². The van der Waals surface area contributed by atoms with E-state index in [2.05, 4.69) is 20.3 Å². The fourth-order valence-electron chi connectivity index (χ4n) is 1.67. The number of hydrogen-bond donors (Lipinski definition) is 1. The van der Waals surface area contributed by atoms with Gasteiger partial charge in [-0.2, -0.15) is 0 Å². The van der Waals surface area contributed by atoms with Crippen LogP contribution < -0.4 is 5.32 Å². The van der Waals surface area contributed by atoms with Crippen LogP contribution in [0.4, 0.5) is 5.82 Å². The summed E-state index contributed by atoms with van der Waals surface area (Å²) < 4.78 is 5.24. The second kappa shape index (κ2) is 4.55. The molecule has 0 aliphatic rings. The zero-order valence-corrected chi connectivity index (χ0v) is 11.0. The number of anilines is 1. The molecule has 5 nitrogen and oxygen atoms in total. The first kappa shape index (κ1) is 11.4. The summed E-state index contributed by atoms with van der Waals surface area (Å²) in [6.07, 6.45) is 4.59. The number of nitrogens with one attached hydrogen (secondary N) is 1. The lowest BCUT2D eigenvalue weighted by atomic mass is 10.2. The van der Waals surface area contributed by atoms with E-state index in [0.717, 1.165) is 16.0 Å². The van der Waals surface area contributed by atoms with E-state index >= 15 is 0 Å². The Morgan fingerprint density at radius 3 is 3.11 bits per heavy atom. The first-order valence-electron chi connectivity index (χ1n) is 5.28. The van der Waals surface area contributed by atoms with Crippen LogP contribution in [0.15, 0.2) is 28.7 Å². The van der Waals surface area contributed by atoms with Crippen LogP contribution in [-0.2, 0) is 0 Å². The molecule has 0 aliphatic heterocycles. The summed E-state index contributed by atoms with van der Waals surface area (Å²) in [7, 11) is 0. The van der Waals surface area contributed by atoms with Crippen LogP contribution in [0.25, 0.3) is 10.2 Å². The van der Waals surface area contributed by atoms with E-state index in [-0.39, 0.29) is 6.04 Å². The Labute approximate surface area is 112 Å². The summed E-state index contributed by atoms with van der Waals surface area (Å²) in [6.45, 7) is 1.97. The molecule has 7 heteroatoms. The molecule has 18 heavy (non-hydrogen) atoms. The van der Waals surface area contributed by atoms with Gasteiger partial charge in [-0.1, -0.05) is 11.6 Å². The van der Waals surface area contributed by atoms with Gasteiger partial charge in [0.1, 0.15) is 22.7 Å². The molecule has 0 amide bonds. The standard InChI is InChI=1S/C11H9ClN4OS/c1-6(8-2-13-5-17-8)16-10-9-7(12)3-18-11(9)15-4-14-10/h2-6H,1H3,(H,14,15,16). The predicted molar refractivity (Wildman–Crippen MR) is 71.0 cm³/mol. The second-order valence-electron chi connectivity index (χ2n) is 3.76. The van der Waals surface area contributed by atoms with Crippen molar-refractivity contribution >= 4 is 39.0 Å². The molecule has 92 valence electrons. The fraction of sp³-hybridized carbons (Fsp3) is 0.182. The van der Waals surface area contributed by atoms with Crippen molar-refractivity contribution in [2.24, 2.45) is 0 Å². The fourth-order valence-corrected chi connectivity index (χ4v) is 2.80. The molecule has 3 heterocycles. The van der Waals surface area contributed by atoms with Crippen LogP contribution in [0.5, 0.6) is 0 Å². The summed E-state index contributed by atoms with van der Waals surface area (Å²) in [5.41, 5.74) is 0. The number of thiophene rings is 1. The molecule has 0 aliphatic carbocycles. The van der Waals surface area contributed by atoms with E-state index in [9.17, 15) is 0 Å². The van der Waals surface area contributed by atoms with Gasteiger partial charge in [-0.25, -0.2) is 15.0 Å². The molecule has 0 saturated heterocycles. The van der Waals surface area contributed by atoms with Gasteiger partial charge in [-0.05, 0) is 6.92 Å². The van der Waals surface area contributed by atoms with Gasteiger partial charge in [-0.15, -0.1) is 11.3 Å². The number of nitrogens with zero attached hydrogens (tertiary/aromatic N) is 3. The first-order chi connectivity index (χ1) is 8.75. The van der Waals surface area contributed by atoms with Gasteiger partial charge >= 0.3 is 0 Å². The smallest absolute Gasteiger partial charge is 0.180 e.